The molecule has 0 spiro atoms. The van der Waals surface area contributed by atoms with Crippen molar-refractivity contribution in [2.45, 2.75) is 13.8 Å². The molecule has 108 valence electrons. The van der Waals surface area contributed by atoms with E-state index >= 15 is 0 Å². The molecule has 0 bridgehead atoms. The molecule has 0 atom stereocenters. The molecule has 3 nitrogen and oxygen atoms in total. The van der Waals surface area contributed by atoms with Gasteiger partial charge in [0.15, 0.2) is 0 Å². The van der Waals surface area contributed by atoms with E-state index in [1.807, 2.05) is 74.5 Å². The van der Waals surface area contributed by atoms with Crippen LogP contribution in [0.2, 0.25) is 0 Å². The Morgan fingerprint density at radius 2 is 1.90 bits per heavy atom. The molecule has 2 aromatic rings. The van der Waals surface area contributed by atoms with Gasteiger partial charge < -0.3 is 4.74 Å². The first-order chi connectivity index (χ1) is 10.1. The fourth-order valence-corrected chi connectivity index (χ4v) is 1.89. The molecule has 0 aliphatic rings. The van der Waals surface area contributed by atoms with Crippen LogP contribution in [-0.2, 0) is 4.74 Å². The number of anilines is 1. The highest BCUT2D eigenvalue weighted by Crippen LogP contribution is 2.16. The monoisotopic (exact) mass is 281 g/mol. The molecule has 0 saturated heterocycles. The Morgan fingerprint density at radius 1 is 1.14 bits per heavy atom. The van der Waals surface area contributed by atoms with Gasteiger partial charge in [-0.05, 0) is 42.7 Å². The molecule has 0 unspecified atom stereocenters. The number of carbonyl (C=O) groups is 1. The van der Waals surface area contributed by atoms with Crippen molar-refractivity contribution in [2.75, 3.05) is 11.9 Å². The number of nitrogens with one attached hydrogen (secondary N) is 1. The van der Waals surface area contributed by atoms with Crippen molar-refractivity contribution in [2.24, 2.45) is 0 Å². The maximum atomic E-state index is 11.7. The molecule has 1 amide bonds. The summed E-state index contributed by atoms with van der Waals surface area (Å²) < 4.78 is 5.13. The van der Waals surface area contributed by atoms with E-state index in [1.54, 1.807) is 0 Å². The van der Waals surface area contributed by atoms with Crippen molar-refractivity contribution in [3.05, 3.63) is 71.3 Å². The fraction of sp³-hybridized carbons (Fsp3) is 0.167. The third kappa shape index (κ3) is 4.80. The van der Waals surface area contributed by atoms with E-state index in [0.29, 0.717) is 0 Å². The van der Waals surface area contributed by atoms with Gasteiger partial charge >= 0.3 is 6.09 Å². The van der Waals surface area contributed by atoms with E-state index in [-0.39, 0.29) is 6.61 Å². The fourth-order valence-electron chi connectivity index (χ4n) is 1.89. The van der Waals surface area contributed by atoms with Crippen LogP contribution in [0, 0.1) is 13.8 Å². The van der Waals surface area contributed by atoms with Gasteiger partial charge in [0.1, 0.15) is 6.61 Å². The van der Waals surface area contributed by atoms with E-state index in [2.05, 4.69) is 5.32 Å². The molecule has 21 heavy (non-hydrogen) atoms. The highest BCUT2D eigenvalue weighted by atomic mass is 16.5. The summed E-state index contributed by atoms with van der Waals surface area (Å²) in [4.78, 5) is 11.7. The van der Waals surface area contributed by atoms with Crippen molar-refractivity contribution in [1.82, 2.24) is 0 Å². The van der Waals surface area contributed by atoms with Crippen molar-refractivity contribution >= 4 is 17.9 Å². The summed E-state index contributed by atoms with van der Waals surface area (Å²) >= 11 is 0. The number of hydrogen-bond donors (Lipinski definition) is 1. The average molecular weight is 281 g/mol. The molecular formula is C18H19NO2. The van der Waals surface area contributed by atoms with E-state index < -0.39 is 6.09 Å². The van der Waals surface area contributed by atoms with Crippen LogP contribution in [0.3, 0.4) is 0 Å². The number of benzene rings is 2. The topological polar surface area (TPSA) is 38.3 Å². The van der Waals surface area contributed by atoms with Crippen LogP contribution in [0.25, 0.3) is 6.08 Å². The van der Waals surface area contributed by atoms with Gasteiger partial charge in [0, 0.05) is 5.69 Å². The SMILES string of the molecule is Cc1ccc(C)c(NC(=O)OC/C=C/c2ccccc2)c1. The quantitative estimate of drug-likeness (QED) is 0.891. The summed E-state index contributed by atoms with van der Waals surface area (Å²) in [6.45, 7) is 4.18. The van der Waals surface area contributed by atoms with Gasteiger partial charge in [-0.25, -0.2) is 4.79 Å². The Balaban J connectivity index is 1.82. The molecule has 3 heteroatoms. The van der Waals surface area contributed by atoms with Crippen LogP contribution in [0.1, 0.15) is 16.7 Å². The Morgan fingerprint density at radius 3 is 2.67 bits per heavy atom. The number of ether oxygens (including phenoxy) is 1. The lowest BCUT2D eigenvalue weighted by molar-refractivity contribution is 0.174. The molecule has 0 aliphatic heterocycles. The molecular weight excluding hydrogens is 262 g/mol. The maximum absolute atomic E-state index is 11.7. The zero-order valence-electron chi connectivity index (χ0n) is 12.3. The predicted molar refractivity (Wildman–Crippen MR) is 86.4 cm³/mol. The highest BCUT2D eigenvalue weighted by Gasteiger charge is 2.04. The van der Waals surface area contributed by atoms with Crippen LogP contribution >= 0.6 is 0 Å². The lowest BCUT2D eigenvalue weighted by Crippen LogP contribution is -2.14. The van der Waals surface area contributed by atoms with Crippen LogP contribution < -0.4 is 5.32 Å². The number of hydrogen-bond acceptors (Lipinski definition) is 2. The molecule has 2 aromatic carbocycles. The number of aryl methyl sites for hydroxylation is 2. The lowest BCUT2D eigenvalue weighted by Gasteiger charge is -2.09. The van der Waals surface area contributed by atoms with E-state index in [1.165, 1.54) is 0 Å². The molecule has 0 radical (unpaired) electrons. The van der Waals surface area contributed by atoms with Gasteiger partial charge in [0.05, 0.1) is 0 Å². The van der Waals surface area contributed by atoms with E-state index in [4.69, 9.17) is 4.74 Å². The first-order valence-electron chi connectivity index (χ1n) is 6.88. The molecule has 0 fully saturated rings. The second-order valence-electron chi connectivity index (χ2n) is 4.85. The standard InChI is InChI=1S/C18H19NO2/c1-14-10-11-15(2)17(13-14)19-18(20)21-12-6-9-16-7-4-3-5-8-16/h3-11,13H,12H2,1-2H3,(H,19,20)/b9-6+. The largest absolute Gasteiger partial charge is 0.445 e. The van der Waals surface area contributed by atoms with Gasteiger partial charge in [-0.15, -0.1) is 0 Å². The van der Waals surface area contributed by atoms with Gasteiger partial charge in [-0.1, -0.05) is 48.5 Å². The third-order valence-electron chi connectivity index (χ3n) is 3.05. The number of rotatable bonds is 4. The molecule has 1 N–H and O–H groups in total. The first-order valence-corrected chi connectivity index (χ1v) is 6.88. The third-order valence-corrected chi connectivity index (χ3v) is 3.05. The maximum Gasteiger partial charge on any atom is 0.411 e. The second kappa shape index (κ2) is 7.29. The molecule has 0 aromatic heterocycles. The minimum absolute atomic E-state index is 0.242. The molecule has 2 rings (SSSR count). The first kappa shape index (κ1) is 14.9. The van der Waals surface area contributed by atoms with Crippen molar-refractivity contribution < 1.29 is 9.53 Å². The Kier molecular flexibility index (Phi) is 5.16. The molecule has 0 heterocycles. The zero-order valence-corrected chi connectivity index (χ0v) is 12.3. The van der Waals surface area contributed by atoms with Gasteiger partial charge in [0.25, 0.3) is 0 Å². The summed E-state index contributed by atoms with van der Waals surface area (Å²) in [5.41, 5.74) is 3.97. The Hall–Kier alpha value is -2.55. The van der Waals surface area contributed by atoms with Crippen molar-refractivity contribution in [3.8, 4) is 0 Å². The van der Waals surface area contributed by atoms with Gasteiger partial charge in [0.2, 0.25) is 0 Å². The summed E-state index contributed by atoms with van der Waals surface area (Å²) in [5.74, 6) is 0. The van der Waals surface area contributed by atoms with Crippen LogP contribution in [-0.4, -0.2) is 12.7 Å². The van der Waals surface area contributed by atoms with Crippen LogP contribution in [0.5, 0.6) is 0 Å². The number of amides is 1. The lowest BCUT2D eigenvalue weighted by atomic mass is 10.1. The number of carbonyl (C=O) groups excluding carboxylic acids is 1. The van der Waals surface area contributed by atoms with E-state index in [0.717, 1.165) is 22.4 Å². The molecule has 0 saturated carbocycles. The Labute approximate surface area is 125 Å². The minimum atomic E-state index is -0.443. The smallest absolute Gasteiger partial charge is 0.411 e. The van der Waals surface area contributed by atoms with Crippen molar-refractivity contribution in [3.63, 3.8) is 0 Å². The normalized spacial score (nSPS) is 10.6. The Bertz CT molecular complexity index is 633. The van der Waals surface area contributed by atoms with Crippen LogP contribution in [0.4, 0.5) is 10.5 Å². The summed E-state index contributed by atoms with van der Waals surface area (Å²) in [6, 6.07) is 15.8. The summed E-state index contributed by atoms with van der Waals surface area (Å²) in [7, 11) is 0. The summed E-state index contributed by atoms with van der Waals surface area (Å²) in [6.07, 6.45) is 3.30. The van der Waals surface area contributed by atoms with Gasteiger partial charge in [-0.2, -0.15) is 0 Å². The van der Waals surface area contributed by atoms with Crippen LogP contribution in [0.15, 0.2) is 54.6 Å². The predicted octanol–water partition coefficient (Wildman–Crippen LogP) is 4.57. The van der Waals surface area contributed by atoms with Crippen molar-refractivity contribution in [1.29, 1.82) is 0 Å². The van der Waals surface area contributed by atoms with E-state index in [9.17, 15) is 4.79 Å². The van der Waals surface area contributed by atoms with Gasteiger partial charge in [-0.3, -0.25) is 5.32 Å². The summed E-state index contributed by atoms with van der Waals surface area (Å²) in [5, 5.41) is 2.75. The highest BCUT2D eigenvalue weighted by molar-refractivity contribution is 5.85. The molecule has 0 aliphatic carbocycles. The minimum Gasteiger partial charge on any atom is -0.445 e. The zero-order chi connectivity index (χ0) is 15.1. The second-order valence-corrected chi connectivity index (χ2v) is 4.85. The average Bonchev–Trinajstić information content (AvgIpc) is 2.48.